The maximum absolute atomic E-state index is 11.0. The lowest BCUT2D eigenvalue weighted by Crippen LogP contribution is -2.00. The minimum absolute atomic E-state index is 0.178. The van der Waals surface area contributed by atoms with Gasteiger partial charge in [-0.2, -0.15) is 0 Å². The standard InChI is InChI=1S/C21H40O/c1-17(2)10-7-11-18(3)12-8-13-19(4)14-9-15-20(5)16-21(6)22/h16-19H,7-15H2,1-6H3/b20-16+/t18-,19-/m1/s1. The molecule has 0 fully saturated rings. The molecule has 1 nitrogen and oxygen atoms in total. The van der Waals surface area contributed by atoms with Gasteiger partial charge in [-0.1, -0.05) is 78.2 Å². The van der Waals surface area contributed by atoms with Crippen molar-refractivity contribution in [3.63, 3.8) is 0 Å². The molecule has 0 saturated carbocycles. The molecule has 0 N–H and O–H groups in total. The summed E-state index contributed by atoms with van der Waals surface area (Å²) in [5.41, 5.74) is 1.23. The van der Waals surface area contributed by atoms with Gasteiger partial charge in [0.1, 0.15) is 0 Å². The Morgan fingerprint density at radius 2 is 1.23 bits per heavy atom. The van der Waals surface area contributed by atoms with Crippen LogP contribution in [-0.4, -0.2) is 5.78 Å². The van der Waals surface area contributed by atoms with Gasteiger partial charge in [0, 0.05) is 0 Å². The van der Waals surface area contributed by atoms with Crippen LogP contribution in [-0.2, 0) is 4.79 Å². The molecular weight excluding hydrogens is 268 g/mol. The summed E-state index contributed by atoms with van der Waals surface area (Å²) in [4.78, 5) is 11.0. The van der Waals surface area contributed by atoms with Crippen molar-refractivity contribution in [3.05, 3.63) is 11.6 Å². The molecule has 1 heteroatoms. The summed E-state index contributed by atoms with van der Waals surface area (Å²) in [6.45, 7) is 13.1. The third kappa shape index (κ3) is 14.4. The van der Waals surface area contributed by atoms with Gasteiger partial charge in [0.2, 0.25) is 0 Å². The van der Waals surface area contributed by atoms with Gasteiger partial charge in [-0.05, 0) is 50.5 Å². The Kier molecular flexibility index (Phi) is 12.6. The van der Waals surface area contributed by atoms with Crippen molar-refractivity contribution < 1.29 is 4.79 Å². The summed E-state index contributed by atoms with van der Waals surface area (Å²) in [6, 6.07) is 0. The van der Waals surface area contributed by atoms with Crippen LogP contribution < -0.4 is 0 Å². The lowest BCUT2D eigenvalue weighted by atomic mass is 9.91. The Morgan fingerprint density at radius 1 is 0.773 bits per heavy atom. The molecule has 0 aromatic heterocycles. The second kappa shape index (κ2) is 12.9. The summed E-state index contributed by atoms with van der Waals surface area (Å²) in [6.07, 6.45) is 13.7. The molecule has 0 unspecified atom stereocenters. The number of hydrogen-bond donors (Lipinski definition) is 0. The molecular formula is C21H40O. The van der Waals surface area contributed by atoms with E-state index >= 15 is 0 Å². The van der Waals surface area contributed by atoms with Crippen LogP contribution in [0.1, 0.15) is 99.3 Å². The molecule has 0 heterocycles. The van der Waals surface area contributed by atoms with Gasteiger partial charge in [-0.25, -0.2) is 0 Å². The predicted molar refractivity (Wildman–Crippen MR) is 99.2 cm³/mol. The van der Waals surface area contributed by atoms with E-state index in [1.165, 1.54) is 56.9 Å². The molecule has 22 heavy (non-hydrogen) atoms. The molecule has 130 valence electrons. The predicted octanol–water partition coefficient (Wildman–Crippen LogP) is 6.96. The minimum Gasteiger partial charge on any atom is -0.295 e. The minimum atomic E-state index is 0.178. The highest BCUT2D eigenvalue weighted by molar-refractivity contribution is 5.87. The summed E-state index contributed by atoms with van der Waals surface area (Å²) in [5.74, 6) is 2.75. The molecule has 0 radical (unpaired) electrons. The van der Waals surface area contributed by atoms with E-state index in [2.05, 4.69) is 34.6 Å². The fraction of sp³-hybridized carbons (Fsp3) is 0.857. The summed E-state index contributed by atoms with van der Waals surface area (Å²) >= 11 is 0. The van der Waals surface area contributed by atoms with Crippen molar-refractivity contribution in [2.24, 2.45) is 17.8 Å². The highest BCUT2D eigenvalue weighted by Crippen LogP contribution is 2.21. The van der Waals surface area contributed by atoms with Crippen LogP contribution in [0, 0.1) is 17.8 Å². The molecule has 0 spiro atoms. The monoisotopic (exact) mass is 308 g/mol. The smallest absolute Gasteiger partial charge is 0.152 e. The third-order valence-electron chi connectivity index (χ3n) is 4.59. The largest absolute Gasteiger partial charge is 0.295 e. The Morgan fingerprint density at radius 3 is 1.68 bits per heavy atom. The summed E-state index contributed by atoms with van der Waals surface area (Å²) in [7, 11) is 0. The van der Waals surface area contributed by atoms with E-state index in [4.69, 9.17) is 0 Å². The molecule has 0 rings (SSSR count). The summed E-state index contributed by atoms with van der Waals surface area (Å²) in [5, 5.41) is 0. The fourth-order valence-electron chi connectivity index (χ4n) is 3.13. The van der Waals surface area contributed by atoms with Crippen LogP contribution in [0.25, 0.3) is 0 Å². The van der Waals surface area contributed by atoms with Crippen molar-refractivity contribution in [3.8, 4) is 0 Å². The first-order valence-electron chi connectivity index (χ1n) is 9.49. The zero-order valence-corrected chi connectivity index (χ0v) is 16.1. The van der Waals surface area contributed by atoms with E-state index in [1.54, 1.807) is 13.0 Å². The highest BCUT2D eigenvalue weighted by Gasteiger charge is 2.06. The third-order valence-corrected chi connectivity index (χ3v) is 4.59. The lowest BCUT2D eigenvalue weighted by Gasteiger charge is -2.15. The van der Waals surface area contributed by atoms with E-state index in [0.29, 0.717) is 0 Å². The van der Waals surface area contributed by atoms with E-state index < -0.39 is 0 Å². The fourth-order valence-corrected chi connectivity index (χ4v) is 3.13. The van der Waals surface area contributed by atoms with Crippen LogP contribution in [0.15, 0.2) is 11.6 Å². The van der Waals surface area contributed by atoms with Gasteiger partial charge >= 0.3 is 0 Å². The Bertz CT molecular complexity index is 314. The Labute approximate surface area is 140 Å². The lowest BCUT2D eigenvalue weighted by molar-refractivity contribution is -0.112. The molecule has 0 aliphatic heterocycles. The second-order valence-corrected chi connectivity index (χ2v) is 7.96. The Hall–Kier alpha value is -0.590. The summed E-state index contributed by atoms with van der Waals surface area (Å²) < 4.78 is 0. The molecule has 0 amide bonds. The second-order valence-electron chi connectivity index (χ2n) is 7.96. The van der Waals surface area contributed by atoms with Crippen molar-refractivity contribution in [1.29, 1.82) is 0 Å². The average molecular weight is 309 g/mol. The number of carbonyl (C=O) groups is 1. The van der Waals surface area contributed by atoms with E-state index in [0.717, 1.165) is 24.2 Å². The number of rotatable bonds is 13. The van der Waals surface area contributed by atoms with Crippen LogP contribution in [0.2, 0.25) is 0 Å². The molecule has 0 aliphatic rings. The molecule has 0 aliphatic carbocycles. The highest BCUT2D eigenvalue weighted by atomic mass is 16.1. The van der Waals surface area contributed by atoms with E-state index in [-0.39, 0.29) is 5.78 Å². The van der Waals surface area contributed by atoms with Gasteiger partial charge in [-0.3, -0.25) is 4.79 Å². The maximum Gasteiger partial charge on any atom is 0.152 e. The van der Waals surface area contributed by atoms with Crippen LogP contribution >= 0.6 is 0 Å². The number of allylic oxidation sites excluding steroid dienone is 2. The van der Waals surface area contributed by atoms with Gasteiger partial charge in [-0.15, -0.1) is 0 Å². The molecule has 2 atom stereocenters. The van der Waals surface area contributed by atoms with Crippen LogP contribution in [0.3, 0.4) is 0 Å². The first-order valence-corrected chi connectivity index (χ1v) is 9.49. The SMILES string of the molecule is CC(=O)/C=C(\C)CCC[C@H](C)CCC[C@H](C)CCCC(C)C. The normalized spacial score (nSPS) is 15.1. The van der Waals surface area contributed by atoms with Crippen LogP contribution in [0.5, 0.6) is 0 Å². The Balaban J connectivity index is 3.60. The molecule has 0 aromatic rings. The van der Waals surface area contributed by atoms with Crippen LogP contribution in [0.4, 0.5) is 0 Å². The van der Waals surface area contributed by atoms with Gasteiger partial charge < -0.3 is 0 Å². The van der Waals surface area contributed by atoms with E-state index in [1.807, 2.05) is 0 Å². The van der Waals surface area contributed by atoms with Gasteiger partial charge in [0.25, 0.3) is 0 Å². The molecule has 0 aromatic carbocycles. The molecule has 0 saturated heterocycles. The first-order chi connectivity index (χ1) is 10.3. The number of hydrogen-bond acceptors (Lipinski definition) is 1. The topological polar surface area (TPSA) is 17.1 Å². The van der Waals surface area contributed by atoms with Crippen molar-refractivity contribution >= 4 is 5.78 Å². The van der Waals surface area contributed by atoms with Gasteiger partial charge in [0.05, 0.1) is 0 Å². The zero-order valence-electron chi connectivity index (χ0n) is 16.1. The average Bonchev–Trinajstić information content (AvgIpc) is 2.37. The van der Waals surface area contributed by atoms with Crippen molar-refractivity contribution in [1.82, 2.24) is 0 Å². The molecule has 0 bridgehead atoms. The number of ketones is 1. The number of carbonyl (C=O) groups excluding carboxylic acids is 1. The van der Waals surface area contributed by atoms with Gasteiger partial charge in [0.15, 0.2) is 5.78 Å². The quantitative estimate of drug-likeness (QED) is 0.336. The van der Waals surface area contributed by atoms with Crippen molar-refractivity contribution in [2.45, 2.75) is 99.3 Å². The van der Waals surface area contributed by atoms with E-state index in [9.17, 15) is 4.79 Å². The zero-order chi connectivity index (χ0) is 17.0. The first kappa shape index (κ1) is 21.4. The van der Waals surface area contributed by atoms with Crippen molar-refractivity contribution in [2.75, 3.05) is 0 Å². The maximum atomic E-state index is 11.0.